The zero-order valence-electron chi connectivity index (χ0n) is 17.9. The lowest BCUT2D eigenvalue weighted by molar-refractivity contribution is -0.124. The Labute approximate surface area is 185 Å². The van der Waals surface area contributed by atoms with Crippen molar-refractivity contribution in [3.8, 4) is 5.75 Å². The van der Waals surface area contributed by atoms with Crippen molar-refractivity contribution >= 4 is 16.8 Å². The number of hydrogen-bond acceptors (Lipinski definition) is 5. The van der Waals surface area contributed by atoms with E-state index in [1.807, 2.05) is 6.92 Å². The molecule has 0 spiro atoms. The van der Waals surface area contributed by atoms with Crippen LogP contribution in [0, 0.1) is 29.5 Å². The number of hydrogen-bond donors (Lipinski definition) is 1. The minimum Gasteiger partial charge on any atom is -0.490 e. The predicted octanol–water partition coefficient (Wildman–Crippen LogP) is 3.73. The van der Waals surface area contributed by atoms with Crippen LogP contribution in [0.15, 0.2) is 55.4 Å². The predicted molar refractivity (Wildman–Crippen MR) is 117 cm³/mol. The maximum absolute atomic E-state index is 13.7. The minimum absolute atomic E-state index is 0.0288. The Morgan fingerprint density at radius 3 is 2.91 bits per heavy atom. The van der Waals surface area contributed by atoms with Crippen LogP contribution >= 0.6 is 0 Å². The molecule has 32 heavy (non-hydrogen) atoms. The lowest BCUT2D eigenvalue weighted by Crippen LogP contribution is -2.31. The standard InChI is InChI=1S/C24H26FN5O2/c1-14(6-8-30-13-26-12-28-30)29-24(31)15(2)23-18-10-17(11-19(18)23)32-22-5-7-27-21-4-3-16(25)9-20(21)22/h3-5,7,9,12-13,15,17-19,23H,1,6,8,10-11H2,2H3,(H,29,31)/t15?,17?,18-,19+,23?. The largest absolute Gasteiger partial charge is 0.490 e. The Bertz CT molecular complexity index is 1140. The summed E-state index contributed by atoms with van der Waals surface area (Å²) >= 11 is 0. The Kier molecular flexibility index (Phi) is 5.36. The molecule has 0 bridgehead atoms. The number of halogens is 1. The summed E-state index contributed by atoms with van der Waals surface area (Å²) in [4.78, 5) is 20.9. The number of amides is 1. The molecule has 3 unspecified atom stereocenters. The van der Waals surface area contributed by atoms with Crippen molar-refractivity contribution in [2.24, 2.45) is 23.7 Å². The van der Waals surface area contributed by atoms with Crippen molar-refractivity contribution in [2.45, 2.75) is 38.8 Å². The molecule has 2 aromatic heterocycles. The normalized spacial score (nSPS) is 24.7. The molecule has 5 atom stereocenters. The summed E-state index contributed by atoms with van der Waals surface area (Å²) in [6.07, 6.45) is 7.36. The van der Waals surface area contributed by atoms with Crippen LogP contribution in [0.3, 0.4) is 0 Å². The summed E-state index contributed by atoms with van der Waals surface area (Å²) in [7, 11) is 0. The lowest BCUT2D eigenvalue weighted by atomic mass is 9.97. The smallest absolute Gasteiger partial charge is 0.227 e. The molecule has 7 nitrogen and oxygen atoms in total. The number of carbonyl (C=O) groups is 1. The van der Waals surface area contributed by atoms with Gasteiger partial charge in [0, 0.05) is 36.2 Å². The van der Waals surface area contributed by atoms with Crippen molar-refractivity contribution in [2.75, 3.05) is 0 Å². The van der Waals surface area contributed by atoms with Gasteiger partial charge in [-0.2, -0.15) is 5.10 Å². The molecule has 1 amide bonds. The molecule has 2 aliphatic carbocycles. The number of nitrogens with one attached hydrogen (secondary N) is 1. The first-order chi connectivity index (χ1) is 15.5. The summed E-state index contributed by atoms with van der Waals surface area (Å²) in [6.45, 7) is 6.60. The second-order valence-corrected chi connectivity index (χ2v) is 8.88. The number of carbonyl (C=O) groups excluding carboxylic acids is 1. The van der Waals surface area contributed by atoms with Crippen LogP contribution in [-0.2, 0) is 11.3 Å². The Balaban J connectivity index is 1.12. The zero-order chi connectivity index (χ0) is 22.2. The van der Waals surface area contributed by atoms with Gasteiger partial charge in [0.1, 0.15) is 24.2 Å². The van der Waals surface area contributed by atoms with Gasteiger partial charge in [0.2, 0.25) is 5.91 Å². The van der Waals surface area contributed by atoms with Gasteiger partial charge in [-0.1, -0.05) is 13.5 Å². The first-order valence-electron chi connectivity index (χ1n) is 11.0. The van der Waals surface area contributed by atoms with E-state index < -0.39 is 0 Å². The Morgan fingerprint density at radius 1 is 1.34 bits per heavy atom. The zero-order valence-corrected chi connectivity index (χ0v) is 17.9. The van der Waals surface area contributed by atoms with Crippen molar-refractivity contribution in [3.63, 3.8) is 0 Å². The van der Waals surface area contributed by atoms with E-state index in [0.29, 0.717) is 47.6 Å². The quantitative estimate of drug-likeness (QED) is 0.583. The molecule has 2 heterocycles. The number of ether oxygens (including phenoxy) is 1. The number of aromatic nitrogens is 4. The molecule has 1 N–H and O–H groups in total. The fraction of sp³-hybridized carbons (Fsp3) is 0.417. The Hall–Kier alpha value is -3.29. The van der Waals surface area contributed by atoms with E-state index in [2.05, 4.69) is 27.0 Å². The van der Waals surface area contributed by atoms with Crippen molar-refractivity contribution < 1.29 is 13.9 Å². The number of nitrogens with zero attached hydrogens (tertiary/aromatic N) is 4. The van der Waals surface area contributed by atoms with Crippen LogP contribution in [0.25, 0.3) is 10.9 Å². The molecule has 1 aromatic carbocycles. The monoisotopic (exact) mass is 435 g/mol. The lowest BCUT2D eigenvalue weighted by Gasteiger charge is -2.20. The van der Waals surface area contributed by atoms with Gasteiger partial charge >= 0.3 is 0 Å². The van der Waals surface area contributed by atoms with E-state index in [9.17, 15) is 9.18 Å². The minimum atomic E-state index is -0.299. The average molecular weight is 436 g/mol. The first-order valence-corrected chi connectivity index (χ1v) is 11.0. The molecule has 3 aromatic rings. The van der Waals surface area contributed by atoms with Gasteiger partial charge in [-0.15, -0.1) is 0 Å². The summed E-state index contributed by atoms with van der Waals surface area (Å²) in [6, 6.07) is 6.34. The maximum atomic E-state index is 13.7. The van der Waals surface area contributed by atoms with Crippen molar-refractivity contribution in [1.29, 1.82) is 0 Å². The van der Waals surface area contributed by atoms with Crippen LogP contribution in [0.1, 0.15) is 26.2 Å². The number of rotatable bonds is 8. The Morgan fingerprint density at radius 2 is 2.16 bits per heavy atom. The summed E-state index contributed by atoms with van der Waals surface area (Å²) in [5.41, 5.74) is 1.42. The molecule has 2 fully saturated rings. The fourth-order valence-electron chi connectivity index (χ4n) is 5.18. The van der Waals surface area contributed by atoms with Crippen LogP contribution in [0.5, 0.6) is 5.75 Å². The number of fused-ring (bicyclic) bond motifs is 2. The second-order valence-electron chi connectivity index (χ2n) is 8.88. The molecule has 8 heteroatoms. The summed E-state index contributed by atoms with van der Waals surface area (Å²) in [5.74, 6) is 1.71. The van der Waals surface area contributed by atoms with Gasteiger partial charge in [-0.3, -0.25) is 14.5 Å². The number of aryl methyl sites for hydroxylation is 1. The molecular weight excluding hydrogens is 409 g/mol. The fourth-order valence-corrected chi connectivity index (χ4v) is 5.18. The van der Waals surface area contributed by atoms with Gasteiger partial charge in [-0.25, -0.2) is 9.37 Å². The van der Waals surface area contributed by atoms with E-state index in [4.69, 9.17) is 4.74 Å². The average Bonchev–Trinajstić information content (AvgIpc) is 3.14. The van der Waals surface area contributed by atoms with Gasteiger partial charge in [0.15, 0.2) is 0 Å². The maximum Gasteiger partial charge on any atom is 0.227 e. The van der Waals surface area contributed by atoms with E-state index in [1.54, 1.807) is 29.3 Å². The molecule has 0 saturated heterocycles. The van der Waals surface area contributed by atoms with E-state index in [-0.39, 0.29) is 23.7 Å². The molecule has 5 rings (SSSR count). The SMILES string of the molecule is C=C(CCn1cncn1)NC(=O)C(C)C1[C@H]2CC(Oc3ccnc4ccc(F)cc34)C[C@@H]12. The highest BCUT2D eigenvalue weighted by Gasteiger charge is 2.59. The van der Waals surface area contributed by atoms with Crippen molar-refractivity contribution in [1.82, 2.24) is 25.1 Å². The van der Waals surface area contributed by atoms with E-state index in [0.717, 1.165) is 18.4 Å². The summed E-state index contributed by atoms with van der Waals surface area (Å²) < 4.78 is 21.6. The third kappa shape index (κ3) is 4.09. The molecule has 0 aliphatic heterocycles. The third-order valence-corrected chi connectivity index (χ3v) is 6.83. The topological polar surface area (TPSA) is 81.9 Å². The van der Waals surface area contributed by atoms with Gasteiger partial charge in [0.05, 0.1) is 11.6 Å². The van der Waals surface area contributed by atoms with Gasteiger partial charge in [0.25, 0.3) is 0 Å². The van der Waals surface area contributed by atoms with Crippen molar-refractivity contribution in [3.05, 3.63) is 61.2 Å². The van der Waals surface area contributed by atoms with E-state index in [1.165, 1.54) is 18.5 Å². The summed E-state index contributed by atoms with van der Waals surface area (Å²) in [5, 5.41) is 7.71. The second kappa shape index (κ2) is 8.33. The van der Waals surface area contributed by atoms with E-state index >= 15 is 0 Å². The highest BCUT2D eigenvalue weighted by molar-refractivity contribution is 5.84. The third-order valence-electron chi connectivity index (χ3n) is 6.83. The number of pyridine rings is 1. The number of allylic oxidation sites excluding steroid dienone is 1. The van der Waals surface area contributed by atoms with Crippen LogP contribution < -0.4 is 10.1 Å². The first kappa shape index (κ1) is 20.6. The molecular formula is C24H26FN5O2. The molecule has 166 valence electrons. The molecule has 2 aliphatic rings. The molecule has 0 radical (unpaired) electrons. The highest BCUT2D eigenvalue weighted by atomic mass is 19.1. The van der Waals surface area contributed by atoms with Crippen LogP contribution in [0.4, 0.5) is 4.39 Å². The number of benzene rings is 1. The van der Waals surface area contributed by atoms with Crippen LogP contribution in [-0.4, -0.2) is 31.8 Å². The van der Waals surface area contributed by atoms with Gasteiger partial charge < -0.3 is 10.1 Å². The highest BCUT2D eigenvalue weighted by Crippen LogP contribution is 2.61. The molecule has 2 saturated carbocycles. The van der Waals surface area contributed by atoms with Crippen LogP contribution in [0.2, 0.25) is 0 Å². The van der Waals surface area contributed by atoms with Gasteiger partial charge in [-0.05, 0) is 54.9 Å².